The van der Waals surface area contributed by atoms with Gasteiger partial charge in [0.2, 0.25) is 0 Å². The second kappa shape index (κ2) is 12.3. The van der Waals surface area contributed by atoms with Crippen LogP contribution in [0.5, 0.6) is 0 Å². The number of carboxylic acids is 1. The lowest BCUT2D eigenvalue weighted by Crippen LogP contribution is -2.69. The van der Waals surface area contributed by atoms with E-state index in [0.29, 0.717) is 43.5 Å². The van der Waals surface area contributed by atoms with Gasteiger partial charge in [0.1, 0.15) is 6.04 Å². The largest absolute Gasteiger partial charge is 0.481 e. The molecule has 6 rings (SSSR count). The Balaban J connectivity index is 1.43. The van der Waals surface area contributed by atoms with Crippen LogP contribution in [-0.4, -0.2) is 69.8 Å². The van der Waals surface area contributed by atoms with Gasteiger partial charge in [0, 0.05) is 16.9 Å². The van der Waals surface area contributed by atoms with Crippen LogP contribution in [0.1, 0.15) is 121 Å². The molecule has 2 bridgehead atoms. The number of tetrazole rings is 1. The van der Waals surface area contributed by atoms with Crippen molar-refractivity contribution in [1.29, 1.82) is 0 Å². The maximum absolute atomic E-state index is 13.5. The van der Waals surface area contributed by atoms with E-state index in [1.807, 2.05) is 0 Å². The average Bonchev–Trinajstić information content (AvgIpc) is 3.45. The molecule has 0 aromatic carbocycles. The predicted molar refractivity (Wildman–Crippen MR) is 191 cm³/mol. The number of ether oxygens (including phenoxy) is 2. The quantitative estimate of drug-likeness (QED) is 0.240. The van der Waals surface area contributed by atoms with Gasteiger partial charge in [0.25, 0.3) is 5.95 Å². The van der Waals surface area contributed by atoms with Gasteiger partial charge in [-0.15, -0.1) is 5.10 Å². The van der Waals surface area contributed by atoms with Crippen molar-refractivity contribution in [2.45, 2.75) is 133 Å². The number of hydrogen-bond acceptors (Lipinski definition) is 8. The Hall–Kier alpha value is -2.04. The first-order valence-corrected chi connectivity index (χ1v) is 19.2. The first kappa shape index (κ1) is 36.7. The summed E-state index contributed by atoms with van der Waals surface area (Å²) in [4.78, 5) is 15.2. The number of nitrogens with zero attached hydrogens (tertiary/aromatic N) is 4. The fourth-order valence-corrected chi connectivity index (χ4v) is 12.5. The first-order chi connectivity index (χ1) is 22.8. The molecule has 0 amide bonds. The highest BCUT2D eigenvalue weighted by atomic mass is 16.5. The SMILES string of the molecule is CCN[C@H](CO[C@H]1[C@H](n2nnc(N)n2)CC23COC[C@@]1(C)[C@@H]2CC[C@H]1C3=CC[C@@]2(C)[C@H](C(=O)O)[C@@](C)([C@H](C)C(C)C)CC[C@]12C)C(C)(C)C. The van der Waals surface area contributed by atoms with E-state index in [4.69, 9.17) is 15.2 Å². The van der Waals surface area contributed by atoms with Crippen LogP contribution in [0.3, 0.4) is 0 Å². The van der Waals surface area contributed by atoms with Gasteiger partial charge in [-0.2, -0.15) is 4.80 Å². The molecule has 276 valence electrons. The molecule has 0 radical (unpaired) electrons. The van der Waals surface area contributed by atoms with E-state index >= 15 is 0 Å². The number of aromatic nitrogens is 4. The molecule has 5 aliphatic rings. The van der Waals surface area contributed by atoms with Crippen molar-refractivity contribution in [3.63, 3.8) is 0 Å². The lowest BCUT2D eigenvalue weighted by atomic mass is 9.34. The molecule has 1 aromatic heterocycles. The van der Waals surface area contributed by atoms with Crippen LogP contribution in [0.25, 0.3) is 0 Å². The van der Waals surface area contributed by atoms with E-state index in [1.54, 1.807) is 4.80 Å². The number of aliphatic carboxylic acids is 1. The smallest absolute Gasteiger partial charge is 0.307 e. The Morgan fingerprint density at radius 2 is 1.86 bits per heavy atom. The number of fused-ring (bicyclic) bond motifs is 3. The molecule has 4 aliphatic carbocycles. The third kappa shape index (κ3) is 5.34. The predicted octanol–water partition coefficient (Wildman–Crippen LogP) is 6.79. The Morgan fingerprint density at radius 3 is 2.45 bits per heavy atom. The molecule has 2 heterocycles. The summed E-state index contributed by atoms with van der Waals surface area (Å²) in [6.45, 7) is 27.8. The minimum absolute atomic E-state index is 0.0216. The topological polar surface area (TPSA) is 137 Å². The van der Waals surface area contributed by atoms with Crippen molar-refractivity contribution in [1.82, 2.24) is 25.5 Å². The number of nitrogens with two attached hydrogens (primary N) is 1. The van der Waals surface area contributed by atoms with E-state index in [0.717, 1.165) is 45.1 Å². The first-order valence-electron chi connectivity index (χ1n) is 19.2. The van der Waals surface area contributed by atoms with Crippen LogP contribution < -0.4 is 11.1 Å². The molecule has 1 unspecified atom stereocenters. The molecule has 12 atom stereocenters. The monoisotopic (exact) mass is 683 g/mol. The number of allylic oxidation sites excluding steroid dienone is 1. The fraction of sp³-hybridized carbons (Fsp3) is 0.897. The maximum atomic E-state index is 13.5. The lowest BCUT2D eigenvalue weighted by Gasteiger charge is -2.71. The van der Waals surface area contributed by atoms with Gasteiger partial charge in [0.15, 0.2) is 0 Å². The van der Waals surface area contributed by atoms with E-state index in [2.05, 4.69) is 103 Å². The zero-order chi connectivity index (χ0) is 35.9. The van der Waals surface area contributed by atoms with Crippen molar-refractivity contribution in [3.8, 4) is 0 Å². The van der Waals surface area contributed by atoms with Gasteiger partial charge in [0.05, 0.1) is 31.8 Å². The summed E-state index contributed by atoms with van der Waals surface area (Å²) in [5.41, 5.74) is 6.34. The molecule has 1 aromatic rings. The van der Waals surface area contributed by atoms with Crippen molar-refractivity contribution in [3.05, 3.63) is 11.6 Å². The van der Waals surface area contributed by atoms with Crippen LogP contribution >= 0.6 is 0 Å². The normalized spacial score (nSPS) is 43.2. The molecule has 10 heteroatoms. The molecule has 4 fully saturated rings. The number of nitrogens with one attached hydrogen (secondary N) is 1. The van der Waals surface area contributed by atoms with Gasteiger partial charge in [-0.25, -0.2) is 0 Å². The number of carboxylic acid groups (broad SMARTS) is 1. The molecule has 4 N–H and O–H groups in total. The van der Waals surface area contributed by atoms with E-state index in [1.165, 1.54) is 5.57 Å². The van der Waals surface area contributed by atoms with Gasteiger partial charge < -0.3 is 25.6 Å². The number of hydrogen-bond donors (Lipinski definition) is 3. The maximum Gasteiger partial charge on any atom is 0.307 e. The summed E-state index contributed by atoms with van der Waals surface area (Å²) in [7, 11) is 0. The van der Waals surface area contributed by atoms with Crippen LogP contribution in [0.15, 0.2) is 11.6 Å². The van der Waals surface area contributed by atoms with Gasteiger partial charge in [-0.1, -0.05) is 92.9 Å². The summed E-state index contributed by atoms with van der Waals surface area (Å²) in [5, 5.41) is 27.9. The summed E-state index contributed by atoms with van der Waals surface area (Å²) in [6.07, 6.45) is 7.98. The molecule has 1 saturated heterocycles. The fourth-order valence-electron chi connectivity index (χ4n) is 12.5. The van der Waals surface area contributed by atoms with Gasteiger partial charge in [-0.3, -0.25) is 4.79 Å². The highest BCUT2D eigenvalue weighted by Gasteiger charge is 2.72. The third-order valence-electron chi connectivity index (χ3n) is 15.8. The average molecular weight is 683 g/mol. The number of anilines is 1. The summed E-state index contributed by atoms with van der Waals surface area (Å²) < 4.78 is 13.8. The molecule has 0 spiro atoms. The van der Waals surface area contributed by atoms with Crippen molar-refractivity contribution in [2.24, 2.45) is 62.1 Å². The second-order valence-electron chi connectivity index (χ2n) is 19.3. The van der Waals surface area contributed by atoms with Crippen LogP contribution in [0.4, 0.5) is 5.95 Å². The van der Waals surface area contributed by atoms with Gasteiger partial charge >= 0.3 is 5.97 Å². The van der Waals surface area contributed by atoms with E-state index in [-0.39, 0.29) is 56.6 Å². The molecule has 3 saturated carbocycles. The standard InChI is InChI=1S/C39H66N6O4/c1-12-41-29(34(5,6)7)20-49-31-27(45-43-33(40)42-44-45)19-39-22-48-21-36(31,9)28(39)14-13-25-26(39)15-16-38(11)30(32(46)47)35(8,24(4)23(2)3)17-18-37(25,38)10/h15,23-25,27-31,41H,12-14,16-22H2,1-11H3,(H2,40,43)(H,46,47)/t24-,25+,27-,28+,29-,30-,31+,35-,36+,37-,38+,39?/m1/s1. The third-order valence-corrected chi connectivity index (χ3v) is 15.8. The zero-order valence-corrected chi connectivity index (χ0v) is 32.3. The van der Waals surface area contributed by atoms with Crippen molar-refractivity contribution in [2.75, 3.05) is 32.1 Å². The number of nitrogen functional groups attached to an aromatic ring is 1. The molecular weight excluding hydrogens is 616 g/mol. The minimum atomic E-state index is -0.626. The zero-order valence-electron chi connectivity index (χ0n) is 32.3. The highest BCUT2D eigenvalue weighted by Crippen LogP contribution is 2.75. The molecule has 1 aliphatic heterocycles. The second-order valence-corrected chi connectivity index (χ2v) is 19.3. The molecule has 49 heavy (non-hydrogen) atoms. The Kier molecular flexibility index (Phi) is 9.21. The summed E-state index contributed by atoms with van der Waals surface area (Å²) >= 11 is 0. The summed E-state index contributed by atoms with van der Waals surface area (Å²) in [5.74, 6) is 0.525. The number of likely N-dealkylation sites (N-methyl/N-ethyl adjacent to an activating group) is 1. The van der Waals surface area contributed by atoms with E-state index in [9.17, 15) is 9.90 Å². The highest BCUT2D eigenvalue weighted by molar-refractivity contribution is 5.73. The van der Waals surface area contributed by atoms with Crippen molar-refractivity contribution < 1.29 is 19.4 Å². The van der Waals surface area contributed by atoms with Crippen LogP contribution in [0, 0.1) is 62.1 Å². The Morgan fingerprint density at radius 1 is 1.14 bits per heavy atom. The number of carbonyl (C=O) groups is 1. The van der Waals surface area contributed by atoms with Crippen molar-refractivity contribution >= 4 is 11.9 Å². The molecular formula is C39H66N6O4. The van der Waals surface area contributed by atoms with Gasteiger partial charge in [-0.05, 0) is 95.6 Å². The summed E-state index contributed by atoms with van der Waals surface area (Å²) in [6, 6.07) is 0.0185. The molecule has 10 nitrogen and oxygen atoms in total. The minimum Gasteiger partial charge on any atom is -0.481 e. The van der Waals surface area contributed by atoms with E-state index < -0.39 is 11.9 Å². The van der Waals surface area contributed by atoms with Crippen LogP contribution in [-0.2, 0) is 14.3 Å². The Bertz CT molecular complexity index is 1440. The lowest BCUT2D eigenvalue weighted by molar-refractivity contribution is -0.253. The van der Waals surface area contributed by atoms with Crippen LogP contribution in [0.2, 0.25) is 0 Å². The Labute approximate surface area is 295 Å². The number of rotatable bonds is 9.